The number of hydrogen-bond acceptors (Lipinski definition) is 5. The van der Waals surface area contributed by atoms with E-state index < -0.39 is 0 Å². The summed E-state index contributed by atoms with van der Waals surface area (Å²) in [7, 11) is 0. The Morgan fingerprint density at radius 1 is 1.18 bits per heavy atom. The zero-order valence-corrected chi connectivity index (χ0v) is 20.6. The van der Waals surface area contributed by atoms with Crippen LogP contribution in [0.1, 0.15) is 67.0 Å². The molecule has 0 atom stereocenters. The van der Waals surface area contributed by atoms with Crippen molar-refractivity contribution in [1.29, 1.82) is 0 Å². The summed E-state index contributed by atoms with van der Waals surface area (Å²) in [6.07, 6.45) is 2.19. The van der Waals surface area contributed by atoms with E-state index in [9.17, 15) is 14.4 Å². The highest BCUT2D eigenvalue weighted by atomic mass is 32.1. The summed E-state index contributed by atoms with van der Waals surface area (Å²) in [6.45, 7) is 7.13. The molecule has 0 aromatic carbocycles. The lowest BCUT2D eigenvalue weighted by atomic mass is 9.89. The summed E-state index contributed by atoms with van der Waals surface area (Å²) in [5, 5.41) is 5.06. The Balaban J connectivity index is 1.44. The van der Waals surface area contributed by atoms with Crippen molar-refractivity contribution < 1.29 is 9.59 Å². The molecular weight excluding hydrogens is 448 g/mol. The molecule has 0 unspecified atom stereocenters. The van der Waals surface area contributed by atoms with Crippen molar-refractivity contribution in [2.45, 2.75) is 46.0 Å². The van der Waals surface area contributed by atoms with Crippen molar-refractivity contribution in [3.63, 3.8) is 0 Å². The fourth-order valence-electron chi connectivity index (χ4n) is 4.56. The number of carbonyl (C=O) groups excluding carboxylic acids is 2. The predicted octanol–water partition coefficient (Wildman–Crippen LogP) is 3.75. The molecule has 1 aliphatic heterocycles. The fraction of sp³-hybridized carbons (Fsp3) is 0.385. The average molecular weight is 479 g/mol. The van der Waals surface area contributed by atoms with E-state index in [1.807, 2.05) is 36.6 Å². The molecule has 1 fully saturated rings. The van der Waals surface area contributed by atoms with Crippen LogP contribution >= 0.6 is 11.3 Å². The summed E-state index contributed by atoms with van der Waals surface area (Å²) < 4.78 is 0. The van der Waals surface area contributed by atoms with Gasteiger partial charge >= 0.3 is 0 Å². The van der Waals surface area contributed by atoms with Gasteiger partial charge in [-0.25, -0.2) is 0 Å². The van der Waals surface area contributed by atoms with Gasteiger partial charge in [-0.05, 0) is 75.2 Å². The van der Waals surface area contributed by atoms with E-state index in [1.54, 1.807) is 30.1 Å². The van der Waals surface area contributed by atoms with Gasteiger partial charge < -0.3 is 15.2 Å². The number of pyridine rings is 2. The predicted molar refractivity (Wildman–Crippen MR) is 134 cm³/mol. The first-order chi connectivity index (χ1) is 16.3. The van der Waals surface area contributed by atoms with Gasteiger partial charge in [-0.3, -0.25) is 19.4 Å². The highest BCUT2D eigenvalue weighted by molar-refractivity contribution is 7.09. The number of amides is 2. The van der Waals surface area contributed by atoms with Gasteiger partial charge in [-0.1, -0.05) is 6.07 Å². The van der Waals surface area contributed by atoms with Crippen molar-refractivity contribution in [3.05, 3.63) is 84.7 Å². The van der Waals surface area contributed by atoms with Gasteiger partial charge in [0.25, 0.3) is 17.4 Å². The normalized spacial score (nSPS) is 14.3. The van der Waals surface area contributed by atoms with Gasteiger partial charge in [0.2, 0.25) is 0 Å². The molecule has 2 amide bonds. The minimum Gasteiger partial charge on any atom is -0.352 e. The van der Waals surface area contributed by atoms with Gasteiger partial charge in [0, 0.05) is 41.8 Å². The zero-order chi connectivity index (χ0) is 24.2. The molecule has 34 heavy (non-hydrogen) atoms. The third kappa shape index (κ3) is 5.28. The van der Waals surface area contributed by atoms with Crippen LogP contribution in [-0.2, 0) is 6.42 Å². The van der Waals surface area contributed by atoms with E-state index in [-0.39, 0.29) is 28.9 Å². The minimum absolute atomic E-state index is 0.0828. The molecule has 4 rings (SSSR count). The first-order valence-corrected chi connectivity index (χ1v) is 12.5. The van der Waals surface area contributed by atoms with Gasteiger partial charge in [-0.15, -0.1) is 11.3 Å². The molecule has 1 aliphatic rings. The van der Waals surface area contributed by atoms with Crippen LogP contribution in [0.4, 0.5) is 0 Å². The van der Waals surface area contributed by atoms with Gasteiger partial charge in [0.05, 0.1) is 11.3 Å². The maximum absolute atomic E-state index is 13.1. The number of nitrogens with zero attached hydrogens (tertiary/aromatic N) is 2. The summed E-state index contributed by atoms with van der Waals surface area (Å²) in [6, 6.07) is 9.61. The second kappa shape index (κ2) is 10.3. The Morgan fingerprint density at radius 3 is 2.62 bits per heavy atom. The molecule has 7 nitrogen and oxygen atoms in total. The van der Waals surface area contributed by atoms with Crippen LogP contribution in [-0.4, -0.2) is 46.3 Å². The molecule has 0 spiro atoms. The van der Waals surface area contributed by atoms with Crippen LogP contribution in [0.15, 0.2) is 40.5 Å². The zero-order valence-electron chi connectivity index (χ0n) is 19.8. The van der Waals surface area contributed by atoms with E-state index in [0.717, 1.165) is 23.5 Å². The number of aromatic nitrogens is 2. The monoisotopic (exact) mass is 478 g/mol. The van der Waals surface area contributed by atoms with Crippen molar-refractivity contribution in [2.24, 2.45) is 0 Å². The van der Waals surface area contributed by atoms with Crippen LogP contribution in [0.3, 0.4) is 0 Å². The minimum atomic E-state index is -0.341. The molecule has 3 aromatic heterocycles. The standard InChI is InChI=1S/C26H30N4O3S/c1-16-15-18(3)29-25(32)22(16)26(33)30-12-9-19(10-13-30)23-21(7-6-17(2)28-23)24(31)27-11-8-20-5-4-14-34-20/h4-7,14-15,19H,8-13H2,1-3H3,(H,27,31)(H,29,32). The number of thiophene rings is 1. The number of H-pyrrole nitrogens is 1. The van der Waals surface area contributed by atoms with Crippen LogP contribution in [0, 0.1) is 20.8 Å². The number of nitrogens with one attached hydrogen (secondary N) is 2. The van der Waals surface area contributed by atoms with E-state index in [1.165, 1.54) is 4.88 Å². The van der Waals surface area contributed by atoms with Crippen molar-refractivity contribution >= 4 is 23.2 Å². The van der Waals surface area contributed by atoms with Crippen molar-refractivity contribution in [3.8, 4) is 0 Å². The first-order valence-electron chi connectivity index (χ1n) is 11.6. The lowest BCUT2D eigenvalue weighted by Crippen LogP contribution is -2.41. The third-order valence-corrected chi connectivity index (χ3v) is 7.23. The topological polar surface area (TPSA) is 95.2 Å². The SMILES string of the molecule is Cc1ccc(C(=O)NCCc2cccs2)c(C2CCN(C(=O)c3c(C)cc(C)[nH]c3=O)CC2)n1. The second-order valence-electron chi connectivity index (χ2n) is 8.88. The maximum Gasteiger partial charge on any atom is 0.261 e. The van der Waals surface area contributed by atoms with Gasteiger partial charge in [0.1, 0.15) is 5.56 Å². The van der Waals surface area contributed by atoms with Crippen LogP contribution in [0.25, 0.3) is 0 Å². The van der Waals surface area contributed by atoms with Gasteiger partial charge in [0.15, 0.2) is 0 Å². The Kier molecular flexibility index (Phi) is 7.26. The van der Waals surface area contributed by atoms with Crippen molar-refractivity contribution in [2.75, 3.05) is 19.6 Å². The maximum atomic E-state index is 13.1. The summed E-state index contributed by atoms with van der Waals surface area (Å²) >= 11 is 1.68. The summed E-state index contributed by atoms with van der Waals surface area (Å²) in [5.41, 5.74) is 3.57. The van der Waals surface area contributed by atoms with Crippen LogP contribution < -0.4 is 10.9 Å². The molecule has 0 bridgehead atoms. The van der Waals surface area contributed by atoms with E-state index >= 15 is 0 Å². The number of piperidine rings is 1. The Labute approximate surface area is 203 Å². The van der Waals surface area contributed by atoms with E-state index in [0.29, 0.717) is 43.6 Å². The van der Waals surface area contributed by atoms with E-state index in [2.05, 4.69) is 16.4 Å². The fourth-order valence-corrected chi connectivity index (χ4v) is 5.27. The van der Waals surface area contributed by atoms with Gasteiger partial charge in [-0.2, -0.15) is 0 Å². The molecule has 0 radical (unpaired) electrons. The summed E-state index contributed by atoms with van der Waals surface area (Å²) in [5.74, 6) is -0.264. The Morgan fingerprint density at radius 2 is 1.94 bits per heavy atom. The van der Waals surface area contributed by atoms with Crippen LogP contribution in [0.2, 0.25) is 0 Å². The number of aromatic amines is 1. The second-order valence-corrected chi connectivity index (χ2v) is 9.91. The number of likely N-dealkylation sites (tertiary alicyclic amines) is 1. The summed E-state index contributed by atoms with van der Waals surface area (Å²) in [4.78, 5) is 48.8. The van der Waals surface area contributed by atoms with E-state index in [4.69, 9.17) is 4.98 Å². The Bertz CT molecular complexity index is 1240. The molecule has 3 aromatic rings. The quantitative estimate of drug-likeness (QED) is 0.564. The molecule has 0 saturated carbocycles. The molecule has 4 heterocycles. The largest absolute Gasteiger partial charge is 0.352 e. The highest BCUT2D eigenvalue weighted by Gasteiger charge is 2.29. The molecule has 178 valence electrons. The van der Waals surface area contributed by atoms with Crippen molar-refractivity contribution in [1.82, 2.24) is 20.2 Å². The Hall–Kier alpha value is -3.26. The molecule has 1 saturated heterocycles. The molecule has 2 N–H and O–H groups in total. The molecule has 0 aliphatic carbocycles. The number of rotatable bonds is 6. The smallest absolute Gasteiger partial charge is 0.261 e. The molecular formula is C26H30N4O3S. The lowest BCUT2D eigenvalue weighted by Gasteiger charge is -2.32. The number of carbonyl (C=O) groups is 2. The average Bonchev–Trinajstić information content (AvgIpc) is 3.32. The van der Waals surface area contributed by atoms with Crippen LogP contribution in [0.5, 0.6) is 0 Å². The lowest BCUT2D eigenvalue weighted by molar-refractivity contribution is 0.0708. The number of aryl methyl sites for hydroxylation is 3. The highest BCUT2D eigenvalue weighted by Crippen LogP contribution is 2.30. The molecule has 8 heteroatoms. The third-order valence-electron chi connectivity index (χ3n) is 6.29. The first kappa shape index (κ1) is 23.9. The number of hydrogen-bond donors (Lipinski definition) is 2.